The van der Waals surface area contributed by atoms with Crippen LogP contribution >= 0.6 is 0 Å². The molecule has 0 amide bonds. The molecule has 1 N–H and O–H groups in total. The highest BCUT2D eigenvalue weighted by atomic mass is 16.5. The fourth-order valence-corrected chi connectivity index (χ4v) is 3.32. The molecule has 1 saturated carbocycles. The van der Waals surface area contributed by atoms with Crippen LogP contribution in [0.2, 0.25) is 0 Å². The van der Waals surface area contributed by atoms with Crippen LogP contribution in [0.3, 0.4) is 0 Å². The van der Waals surface area contributed by atoms with E-state index in [9.17, 15) is 0 Å². The van der Waals surface area contributed by atoms with Gasteiger partial charge >= 0.3 is 0 Å². The Kier molecular flexibility index (Phi) is 4.83. The molecule has 3 nitrogen and oxygen atoms in total. The first-order valence-corrected chi connectivity index (χ1v) is 8.35. The SMILES string of the molecule is CC(C)C1CN(CCOC(C)(C)C)C(C)(C2CC2)CN1. The molecule has 3 heteroatoms. The van der Waals surface area contributed by atoms with Crippen molar-refractivity contribution in [2.24, 2.45) is 11.8 Å². The Balaban J connectivity index is 1.95. The average molecular weight is 282 g/mol. The lowest BCUT2D eigenvalue weighted by atomic mass is 9.87. The molecule has 0 aromatic rings. The fourth-order valence-electron chi connectivity index (χ4n) is 3.32. The van der Waals surface area contributed by atoms with Gasteiger partial charge in [-0.15, -0.1) is 0 Å². The van der Waals surface area contributed by atoms with E-state index in [-0.39, 0.29) is 5.60 Å². The van der Waals surface area contributed by atoms with Gasteiger partial charge in [0.2, 0.25) is 0 Å². The maximum atomic E-state index is 5.96. The van der Waals surface area contributed by atoms with Crippen molar-refractivity contribution in [1.82, 2.24) is 10.2 Å². The van der Waals surface area contributed by atoms with Gasteiger partial charge in [0.1, 0.15) is 0 Å². The Hall–Kier alpha value is -0.120. The second kappa shape index (κ2) is 5.94. The van der Waals surface area contributed by atoms with Crippen molar-refractivity contribution < 1.29 is 4.74 Å². The van der Waals surface area contributed by atoms with Crippen molar-refractivity contribution in [3.8, 4) is 0 Å². The van der Waals surface area contributed by atoms with Gasteiger partial charge in [0.15, 0.2) is 0 Å². The molecule has 0 aromatic carbocycles. The zero-order valence-electron chi connectivity index (χ0n) is 14.3. The topological polar surface area (TPSA) is 24.5 Å². The van der Waals surface area contributed by atoms with Crippen molar-refractivity contribution in [2.45, 2.75) is 71.6 Å². The van der Waals surface area contributed by atoms with Crippen molar-refractivity contribution in [3.63, 3.8) is 0 Å². The minimum Gasteiger partial charge on any atom is -0.375 e. The van der Waals surface area contributed by atoms with Gasteiger partial charge in [0.05, 0.1) is 12.2 Å². The summed E-state index contributed by atoms with van der Waals surface area (Å²) in [5.41, 5.74) is 0.314. The Morgan fingerprint density at radius 1 is 1.30 bits per heavy atom. The number of nitrogens with one attached hydrogen (secondary N) is 1. The molecule has 1 saturated heterocycles. The number of hydrogen-bond acceptors (Lipinski definition) is 3. The summed E-state index contributed by atoms with van der Waals surface area (Å²) < 4.78 is 5.96. The summed E-state index contributed by atoms with van der Waals surface area (Å²) >= 11 is 0. The summed E-state index contributed by atoms with van der Waals surface area (Å²) in [5.74, 6) is 1.59. The molecule has 0 aromatic heterocycles. The van der Waals surface area contributed by atoms with Crippen LogP contribution in [0.5, 0.6) is 0 Å². The minimum absolute atomic E-state index is 0.0263. The maximum absolute atomic E-state index is 5.96. The molecule has 0 bridgehead atoms. The molecule has 20 heavy (non-hydrogen) atoms. The second-order valence-corrected chi connectivity index (χ2v) is 8.27. The standard InChI is InChI=1S/C17H34N2O/c1-13(2)15-11-19(9-10-20-16(3,4)5)17(6,12-18-15)14-7-8-14/h13-15,18H,7-12H2,1-6H3. The molecule has 2 rings (SSSR count). The normalized spacial score (nSPS) is 32.9. The summed E-state index contributed by atoms with van der Waals surface area (Å²) in [7, 11) is 0. The molecule has 1 aliphatic carbocycles. The molecule has 0 radical (unpaired) electrons. The zero-order valence-corrected chi connectivity index (χ0v) is 14.3. The zero-order chi connectivity index (χ0) is 15.0. The smallest absolute Gasteiger partial charge is 0.0600 e. The molecular weight excluding hydrogens is 248 g/mol. The van der Waals surface area contributed by atoms with E-state index >= 15 is 0 Å². The van der Waals surface area contributed by atoms with Crippen LogP contribution in [0, 0.1) is 11.8 Å². The van der Waals surface area contributed by atoms with Gasteiger partial charge in [0, 0.05) is 31.2 Å². The Bertz CT molecular complexity index is 319. The van der Waals surface area contributed by atoms with E-state index in [1.54, 1.807) is 0 Å². The summed E-state index contributed by atoms with van der Waals surface area (Å²) in [6.45, 7) is 17.7. The van der Waals surface area contributed by atoms with Crippen LogP contribution in [0.25, 0.3) is 0 Å². The third-order valence-electron chi connectivity index (χ3n) is 5.02. The molecular formula is C17H34N2O. The van der Waals surface area contributed by atoms with Gasteiger partial charge in [-0.1, -0.05) is 13.8 Å². The van der Waals surface area contributed by atoms with E-state index in [4.69, 9.17) is 4.74 Å². The Labute approximate surface area is 125 Å². The Morgan fingerprint density at radius 3 is 2.45 bits per heavy atom. The van der Waals surface area contributed by atoms with Crippen LogP contribution in [-0.4, -0.2) is 48.3 Å². The van der Waals surface area contributed by atoms with Gasteiger partial charge in [-0.2, -0.15) is 0 Å². The van der Waals surface area contributed by atoms with Crippen LogP contribution in [0.15, 0.2) is 0 Å². The first-order valence-electron chi connectivity index (χ1n) is 8.35. The predicted molar refractivity (Wildman–Crippen MR) is 85.0 cm³/mol. The highest BCUT2D eigenvalue weighted by Crippen LogP contribution is 2.44. The van der Waals surface area contributed by atoms with E-state index in [1.807, 2.05) is 0 Å². The second-order valence-electron chi connectivity index (χ2n) is 8.27. The number of piperazine rings is 1. The molecule has 118 valence electrons. The molecule has 2 aliphatic rings. The van der Waals surface area contributed by atoms with Gasteiger partial charge in [-0.25, -0.2) is 0 Å². The number of hydrogen-bond donors (Lipinski definition) is 1. The van der Waals surface area contributed by atoms with Gasteiger partial charge < -0.3 is 10.1 Å². The Morgan fingerprint density at radius 2 is 1.95 bits per heavy atom. The summed E-state index contributed by atoms with van der Waals surface area (Å²) in [5, 5.41) is 3.78. The summed E-state index contributed by atoms with van der Waals surface area (Å²) in [4.78, 5) is 2.71. The molecule has 1 heterocycles. The minimum atomic E-state index is -0.0263. The lowest BCUT2D eigenvalue weighted by Crippen LogP contribution is -2.66. The van der Waals surface area contributed by atoms with Gasteiger partial charge in [-0.3, -0.25) is 4.90 Å². The lowest BCUT2D eigenvalue weighted by Gasteiger charge is -2.50. The molecule has 1 aliphatic heterocycles. The molecule has 2 unspecified atom stereocenters. The molecule has 0 spiro atoms. The monoisotopic (exact) mass is 282 g/mol. The van der Waals surface area contributed by atoms with Crippen LogP contribution in [-0.2, 0) is 4.74 Å². The third-order valence-corrected chi connectivity index (χ3v) is 5.02. The van der Waals surface area contributed by atoms with Crippen LogP contribution < -0.4 is 5.32 Å². The largest absolute Gasteiger partial charge is 0.375 e. The number of rotatable bonds is 5. The third kappa shape index (κ3) is 3.96. The van der Waals surface area contributed by atoms with Crippen LogP contribution in [0.4, 0.5) is 0 Å². The predicted octanol–water partition coefficient (Wildman–Crippen LogP) is 2.90. The van der Waals surface area contributed by atoms with E-state index in [2.05, 4.69) is 51.8 Å². The molecule has 2 atom stereocenters. The van der Waals surface area contributed by atoms with Crippen molar-refractivity contribution in [1.29, 1.82) is 0 Å². The van der Waals surface area contributed by atoms with Crippen LogP contribution in [0.1, 0.15) is 54.4 Å². The van der Waals surface area contributed by atoms with Gasteiger partial charge in [0.25, 0.3) is 0 Å². The highest BCUT2D eigenvalue weighted by Gasteiger charge is 2.48. The highest BCUT2D eigenvalue weighted by molar-refractivity contribution is 5.05. The van der Waals surface area contributed by atoms with E-state index in [1.165, 1.54) is 12.8 Å². The maximum Gasteiger partial charge on any atom is 0.0600 e. The first-order chi connectivity index (χ1) is 9.22. The van der Waals surface area contributed by atoms with Gasteiger partial charge in [-0.05, 0) is 52.4 Å². The number of ether oxygens (including phenoxy) is 1. The van der Waals surface area contributed by atoms with Crippen molar-refractivity contribution in [3.05, 3.63) is 0 Å². The quantitative estimate of drug-likeness (QED) is 0.839. The van der Waals surface area contributed by atoms with Crippen molar-refractivity contribution in [2.75, 3.05) is 26.2 Å². The first kappa shape index (κ1) is 16.3. The fraction of sp³-hybridized carbons (Fsp3) is 1.00. The van der Waals surface area contributed by atoms with E-state index < -0.39 is 0 Å². The number of nitrogens with zero attached hydrogens (tertiary/aromatic N) is 1. The van der Waals surface area contributed by atoms with E-state index in [0.717, 1.165) is 32.2 Å². The lowest BCUT2D eigenvalue weighted by molar-refractivity contribution is -0.0434. The molecule has 2 fully saturated rings. The van der Waals surface area contributed by atoms with Crippen molar-refractivity contribution >= 4 is 0 Å². The average Bonchev–Trinajstić information content (AvgIpc) is 3.13. The summed E-state index contributed by atoms with van der Waals surface area (Å²) in [6, 6.07) is 0.622. The van der Waals surface area contributed by atoms with E-state index in [0.29, 0.717) is 17.5 Å². The summed E-state index contributed by atoms with van der Waals surface area (Å²) in [6.07, 6.45) is 2.81.